The van der Waals surface area contributed by atoms with Crippen LogP contribution in [-0.2, 0) is 9.53 Å². The number of carbonyl (C=O) groups is 1. The Balaban J connectivity index is 2.78. The molecule has 0 bridgehead atoms. The van der Waals surface area contributed by atoms with E-state index in [-0.39, 0.29) is 6.42 Å². The molecule has 0 spiro atoms. The first-order valence-electron chi connectivity index (χ1n) is 19.8. The van der Waals surface area contributed by atoms with E-state index in [0.717, 1.165) is 19.3 Å². The van der Waals surface area contributed by atoms with Crippen LogP contribution in [0.15, 0.2) is 12.2 Å². The van der Waals surface area contributed by atoms with Crippen LogP contribution in [0.3, 0.4) is 0 Å². The number of hydrogen-bond acceptors (Lipinski definition) is 8. The maximum atomic E-state index is 12.7. The lowest BCUT2D eigenvalue weighted by Gasteiger charge is -2.39. The molecule has 9 heteroatoms. The predicted molar refractivity (Wildman–Crippen MR) is 232 cm³/mol. The van der Waals surface area contributed by atoms with Crippen molar-refractivity contribution in [1.82, 2.24) is 5.32 Å². The maximum absolute atomic E-state index is 12.7. The van der Waals surface area contributed by atoms with E-state index in [2.05, 4.69) is 154 Å². The van der Waals surface area contributed by atoms with Crippen LogP contribution >= 0.6 is 0 Å². The summed E-state index contributed by atoms with van der Waals surface area (Å²) in [6.07, 6.45) is 6.87. The van der Waals surface area contributed by atoms with Gasteiger partial charge in [0.1, 0.15) is 36.6 Å². The highest BCUT2D eigenvalue weighted by Gasteiger charge is 2.42. The van der Waals surface area contributed by atoms with Crippen LogP contribution in [0.5, 0.6) is 0 Å². The molecule has 8 atom stereocenters. The van der Waals surface area contributed by atoms with Gasteiger partial charge in [-0.25, -0.2) is 0 Å². The van der Waals surface area contributed by atoms with Crippen molar-refractivity contribution in [2.24, 2.45) is 0 Å². The number of hydrogen-bond donors (Lipinski definition) is 7. The van der Waals surface area contributed by atoms with Crippen molar-refractivity contribution in [2.45, 2.75) is 146 Å². The summed E-state index contributed by atoms with van der Waals surface area (Å²) in [5.74, 6) is 58.6. The molecule has 0 aromatic carbocycles. The molecular weight excluding hydrogens is 755 g/mol. The molecule has 0 aromatic heterocycles. The number of aliphatic hydroxyl groups excluding tert-OH is 6. The van der Waals surface area contributed by atoms with Gasteiger partial charge in [0.2, 0.25) is 0 Å². The lowest BCUT2D eigenvalue weighted by Crippen LogP contribution is -2.58. The van der Waals surface area contributed by atoms with Gasteiger partial charge in [-0.3, -0.25) is 4.79 Å². The first-order chi connectivity index (χ1) is 29.3. The smallest absolute Gasteiger partial charge is 0.297 e. The average Bonchev–Trinajstić information content (AvgIpc) is 3.25. The van der Waals surface area contributed by atoms with E-state index in [0.29, 0.717) is 6.42 Å². The van der Waals surface area contributed by atoms with Crippen LogP contribution in [-0.4, -0.2) is 91.9 Å². The van der Waals surface area contributed by atoms with Gasteiger partial charge < -0.3 is 40.7 Å². The van der Waals surface area contributed by atoms with Crippen molar-refractivity contribution in [3.8, 4) is 142 Å². The summed E-state index contributed by atoms with van der Waals surface area (Å²) in [5, 5.41) is 64.6. The van der Waals surface area contributed by atoms with E-state index < -0.39 is 61.3 Å². The monoisotopic (exact) mass is 805 g/mol. The van der Waals surface area contributed by atoms with Gasteiger partial charge in [-0.15, -0.1) is 0 Å². The highest BCUT2D eigenvalue weighted by molar-refractivity contribution is 5.94. The van der Waals surface area contributed by atoms with E-state index in [9.17, 15) is 35.4 Å². The lowest BCUT2D eigenvalue weighted by molar-refractivity contribution is -0.216. The van der Waals surface area contributed by atoms with Gasteiger partial charge in [0, 0.05) is 41.4 Å². The Morgan fingerprint density at radius 1 is 0.583 bits per heavy atom. The zero-order valence-electron chi connectivity index (χ0n) is 34.2. The molecule has 308 valence electrons. The van der Waals surface area contributed by atoms with Crippen LogP contribution in [0.1, 0.15) is 97.3 Å². The summed E-state index contributed by atoms with van der Waals surface area (Å²) in [7, 11) is 0. The summed E-state index contributed by atoms with van der Waals surface area (Å²) in [6, 6.07) is -1.19. The number of unbranched alkanes of at least 4 members (excludes halogenated alkanes) is 11. The summed E-state index contributed by atoms with van der Waals surface area (Å²) >= 11 is 0. The predicted octanol–water partition coefficient (Wildman–Crippen LogP) is 1.74. The summed E-state index contributed by atoms with van der Waals surface area (Å²) in [4.78, 5) is 12.7. The van der Waals surface area contributed by atoms with Gasteiger partial charge in [-0.05, 0) is 108 Å². The maximum Gasteiger partial charge on any atom is 0.297 e. The molecule has 1 saturated heterocycles. The fourth-order valence-corrected chi connectivity index (χ4v) is 5.33. The number of rotatable bonds is 19. The van der Waals surface area contributed by atoms with E-state index >= 15 is 0 Å². The first-order valence-corrected chi connectivity index (χ1v) is 19.8. The van der Waals surface area contributed by atoms with Gasteiger partial charge in [-0.1, -0.05) is 102 Å². The zero-order chi connectivity index (χ0) is 43.9. The molecule has 9 nitrogen and oxygen atoms in total. The molecule has 60 heavy (non-hydrogen) atoms. The van der Waals surface area contributed by atoms with Crippen molar-refractivity contribution in [3.05, 3.63) is 12.2 Å². The molecule has 1 aliphatic heterocycles. The van der Waals surface area contributed by atoms with Crippen molar-refractivity contribution in [1.29, 1.82) is 0 Å². The Morgan fingerprint density at radius 3 is 1.40 bits per heavy atom. The molecule has 1 rings (SSSR count). The van der Waals surface area contributed by atoms with E-state index in [1.165, 1.54) is 63.5 Å². The van der Waals surface area contributed by atoms with Crippen molar-refractivity contribution < 1.29 is 40.2 Å². The standard InChI is InChI=1S/C51H51NO8/c1-3-5-7-9-11-13-15-17-18-19-20-21-22-23-24-25-26-27-29-31-33-35-37-39-47(55)52-43(40-41-45-49(57)51(59)50(58)46(42-53)60-45)48(56)44(54)38-36-34-32-30-28-16-14-12-10-8-6-4-2/h40-41,43-46,48-51,53-54,56-59H,4,6,8,10,12,14,16,28,30,32,34,36,38,42H2,1-2H3,(H,52,55)/b41-40+/t43-,44+,45-,46?,48-,49?,50-,51+/m0/s1. The topological polar surface area (TPSA) is 160 Å². The normalized spacial score (nSPS) is 17.9. The zero-order valence-corrected chi connectivity index (χ0v) is 34.2. The van der Waals surface area contributed by atoms with Crippen LogP contribution in [0.2, 0.25) is 0 Å². The second kappa shape index (κ2) is 35.8. The fraction of sp³-hybridized carbons (Fsp3) is 0.471. The molecule has 2 unspecified atom stereocenters. The molecule has 0 radical (unpaired) electrons. The van der Waals surface area contributed by atoms with Crippen LogP contribution in [0.25, 0.3) is 0 Å². The molecule has 0 saturated carbocycles. The molecule has 1 amide bonds. The third-order valence-electron chi connectivity index (χ3n) is 8.46. The minimum absolute atomic E-state index is 0.280. The van der Waals surface area contributed by atoms with Crippen LogP contribution < -0.4 is 5.32 Å². The molecule has 0 aliphatic carbocycles. The Hall–Kier alpha value is -6.35. The Kier molecular flexibility index (Phi) is 30.8. The van der Waals surface area contributed by atoms with Gasteiger partial charge in [0.25, 0.3) is 5.91 Å². The summed E-state index contributed by atoms with van der Waals surface area (Å²) in [5.41, 5.74) is 0. The molecule has 1 heterocycles. The van der Waals surface area contributed by atoms with Crippen LogP contribution in [0.4, 0.5) is 0 Å². The second-order valence-electron chi connectivity index (χ2n) is 13.0. The summed E-state index contributed by atoms with van der Waals surface area (Å²) in [6.45, 7) is 3.27. The molecule has 7 N–H and O–H groups in total. The number of nitrogens with one attached hydrogen (secondary N) is 1. The third-order valence-corrected chi connectivity index (χ3v) is 8.46. The summed E-state index contributed by atoms with van der Waals surface area (Å²) < 4.78 is 5.50. The van der Waals surface area contributed by atoms with Crippen molar-refractivity contribution >= 4 is 5.91 Å². The van der Waals surface area contributed by atoms with Crippen LogP contribution in [0, 0.1) is 142 Å². The Morgan fingerprint density at radius 2 is 0.983 bits per heavy atom. The largest absolute Gasteiger partial charge is 0.394 e. The molecule has 1 fully saturated rings. The van der Waals surface area contributed by atoms with Gasteiger partial charge in [0.05, 0.1) is 18.8 Å². The Bertz CT molecular complexity index is 2190. The minimum atomic E-state index is -1.62. The van der Waals surface area contributed by atoms with Crippen molar-refractivity contribution in [2.75, 3.05) is 6.61 Å². The van der Waals surface area contributed by atoms with Gasteiger partial charge in [-0.2, -0.15) is 0 Å². The molecule has 0 aromatic rings. The highest BCUT2D eigenvalue weighted by Crippen LogP contribution is 2.22. The number of ether oxygens (including phenoxy) is 1. The fourth-order valence-electron chi connectivity index (χ4n) is 5.33. The SMILES string of the molecule is CC#CC#CC#CC#CC#CC#CC#CC#CC#CC#CC#CC#CC(=O)N[C@@H](/C=C/[C@@H]1OC(CO)[C@H](O)[C@H](O)C1O)[C@H](O)[C@H](O)CCCCCCCCCCCCCC. The number of carbonyl (C=O) groups excluding carboxylic acids is 1. The van der Waals surface area contributed by atoms with E-state index in [1.54, 1.807) is 6.92 Å². The second-order valence-corrected chi connectivity index (χ2v) is 13.0. The van der Waals surface area contributed by atoms with Crippen molar-refractivity contribution in [3.63, 3.8) is 0 Å². The average molecular weight is 806 g/mol. The lowest BCUT2D eigenvalue weighted by atomic mass is 9.93. The number of aliphatic hydroxyl groups is 6. The third kappa shape index (κ3) is 25.8. The quantitative estimate of drug-likeness (QED) is 0.0592. The Labute approximate surface area is 357 Å². The van der Waals surface area contributed by atoms with Gasteiger partial charge >= 0.3 is 0 Å². The minimum Gasteiger partial charge on any atom is -0.394 e. The highest BCUT2D eigenvalue weighted by atomic mass is 16.5. The van der Waals surface area contributed by atoms with E-state index in [4.69, 9.17) is 4.74 Å². The van der Waals surface area contributed by atoms with E-state index in [1.807, 2.05) is 0 Å². The first kappa shape index (κ1) is 51.7. The molecular formula is C51H51NO8. The number of amides is 1. The van der Waals surface area contributed by atoms with Gasteiger partial charge in [0.15, 0.2) is 0 Å². The molecule has 1 aliphatic rings.